The highest BCUT2D eigenvalue weighted by Gasteiger charge is 2.21. The Labute approximate surface area is 168 Å². The molecule has 3 rings (SSSR count). The van der Waals surface area contributed by atoms with E-state index in [4.69, 9.17) is 16.0 Å². The second-order valence-corrected chi connectivity index (χ2v) is 8.53. The van der Waals surface area contributed by atoms with Crippen LogP contribution in [0.5, 0.6) is 0 Å². The van der Waals surface area contributed by atoms with Crippen LogP contribution in [0, 0.1) is 0 Å². The molecule has 146 valence electrons. The van der Waals surface area contributed by atoms with E-state index in [1.807, 2.05) is 0 Å². The zero-order valence-corrected chi connectivity index (χ0v) is 16.7. The molecule has 0 spiro atoms. The van der Waals surface area contributed by atoms with Crippen molar-refractivity contribution in [2.45, 2.75) is 17.9 Å². The first-order chi connectivity index (χ1) is 13.4. The Morgan fingerprint density at radius 2 is 1.75 bits per heavy atom. The summed E-state index contributed by atoms with van der Waals surface area (Å²) in [4.78, 5) is 12.2. The molecule has 0 radical (unpaired) electrons. The fourth-order valence-corrected chi connectivity index (χ4v) is 3.90. The van der Waals surface area contributed by atoms with Crippen molar-refractivity contribution in [3.05, 3.63) is 83.3 Å². The van der Waals surface area contributed by atoms with Gasteiger partial charge in [-0.15, -0.1) is 0 Å². The average molecular weight is 419 g/mol. The normalized spacial score (nSPS) is 11.2. The number of amides is 1. The van der Waals surface area contributed by atoms with Gasteiger partial charge < -0.3 is 9.73 Å². The van der Waals surface area contributed by atoms with E-state index in [0.29, 0.717) is 23.0 Å². The molecule has 1 heterocycles. The molecule has 3 aromatic rings. The zero-order valence-electron chi connectivity index (χ0n) is 15.1. The molecule has 0 aliphatic heterocycles. The van der Waals surface area contributed by atoms with Gasteiger partial charge in [0, 0.05) is 12.1 Å². The zero-order chi connectivity index (χ0) is 20.1. The van der Waals surface area contributed by atoms with Gasteiger partial charge in [-0.3, -0.25) is 9.10 Å². The molecule has 2 aromatic carbocycles. The number of hydrogen-bond donors (Lipinski definition) is 1. The number of anilines is 1. The van der Waals surface area contributed by atoms with E-state index in [0.717, 1.165) is 5.56 Å². The highest BCUT2D eigenvalue weighted by molar-refractivity contribution is 7.92. The largest absolute Gasteiger partial charge is 0.467 e. The van der Waals surface area contributed by atoms with Gasteiger partial charge in [0.1, 0.15) is 5.76 Å². The number of carbonyl (C=O) groups is 1. The van der Waals surface area contributed by atoms with E-state index in [1.165, 1.54) is 35.6 Å². The van der Waals surface area contributed by atoms with Gasteiger partial charge in [-0.2, -0.15) is 0 Å². The molecular weight excluding hydrogens is 400 g/mol. The second kappa shape index (κ2) is 8.50. The van der Waals surface area contributed by atoms with Crippen molar-refractivity contribution < 1.29 is 17.6 Å². The summed E-state index contributed by atoms with van der Waals surface area (Å²) in [5, 5.41) is 3.24. The fraction of sp³-hybridized carbons (Fsp3) is 0.150. The van der Waals surface area contributed by atoms with E-state index in [2.05, 4.69) is 5.32 Å². The number of sulfonamides is 1. The third kappa shape index (κ3) is 4.74. The quantitative estimate of drug-likeness (QED) is 0.635. The molecule has 0 atom stereocenters. The number of nitrogens with one attached hydrogen (secondary N) is 1. The molecular formula is C20H19ClN2O4S. The van der Waals surface area contributed by atoms with Crippen LogP contribution in [0.15, 0.2) is 76.2 Å². The molecule has 0 fully saturated rings. The van der Waals surface area contributed by atoms with Crippen molar-refractivity contribution in [2.75, 3.05) is 11.4 Å². The summed E-state index contributed by atoms with van der Waals surface area (Å²) in [6.45, 7) is 0.325. The molecule has 0 aliphatic rings. The molecule has 28 heavy (non-hydrogen) atoms. The summed E-state index contributed by atoms with van der Waals surface area (Å²) in [6.07, 6.45) is 1.74. The van der Waals surface area contributed by atoms with Gasteiger partial charge in [-0.05, 0) is 54.1 Å². The maximum atomic E-state index is 12.7. The average Bonchev–Trinajstić information content (AvgIpc) is 3.20. The molecule has 1 aromatic heterocycles. The predicted octanol–water partition coefficient (Wildman–Crippen LogP) is 3.62. The van der Waals surface area contributed by atoms with Gasteiger partial charge in [0.15, 0.2) is 0 Å². The molecule has 0 saturated carbocycles. The minimum Gasteiger partial charge on any atom is -0.467 e. The van der Waals surface area contributed by atoms with Crippen LogP contribution in [0.4, 0.5) is 5.69 Å². The third-order valence-electron chi connectivity index (χ3n) is 4.18. The monoisotopic (exact) mass is 418 g/mol. The van der Waals surface area contributed by atoms with Crippen molar-refractivity contribution in [1.82, 2.24) is 5.32 Å². The van der Waals surface area contributed by atoms with E-state index < -0.39 is 10.0 Å². The lowest BCUT2D eigenvalue weighted by atomic mass is 10.1. The summed E-state index contributed by atoms with van der Waals surface area (Å²) in [6, 6.07) is 16.3. The summed E-state index contributed by atoms with van der Waals surface area (Å²) in [5.74, 6) is 0.531. The maximum absolute atomic E-state index is 12.7. The summed E-state index contributed by atoms with van der Waals surface area (Å²) in [7, 11) is -2.21. The molecule has 0 saturated heterocycles. The molecule has 8 heteroatoms. The van der Waals surface area contributed by atoms with Crippen molar-refractivity contribution in [2.24, 2.45) is 0 Å². The van der Waals surface area contributed by atoms with Crippen molar-refractivity contribution in [1.29, 1.82) is 0 Å². The molecule has 1 amide bonds. The first kappa shape index (κ1) is 20.0. The first-order valence-electron chi connectivity index (χ1n) is 8.49. The first-order valence-corrected chi connectivity index (χ1v) is 10.3. The summed E-state index contributed by atoms with van der Waals surface area (Å²) in [5.41, 5.74) is 1.27. The van der Waals surface area contributed by atoms with Crippen molar-refractivity contribution >= 4 is 33.2 Å². The fourth-order valence-electron chi connectivity index (χ4n) is 2.57. The number of halogens is 1. The molecule has 1 N–H and O–H groups in total. The standard InChI is InChI=1S/C20H19ClN2O4S/c1-23(28(25,26)19-10-6-16(21)7-11-19)17-8-4-15(5-9-17)13-20(24)22-14-18-3-2-12-27-18/h2-12H,13-14H2,1H3,(H,22,24). The minimum atomic E-state index is -3.69. The number of furan rings is 1. The van der Waals surface area contributed by atoms with Crippen LogP contribution in [0.3, 0.4) is 0 Å². The minimum absolute atomic E-state index is 0.147. The molecule has 6 nitrogen and oxygen atoms in total. The number of hydrogen-bond acceptors (Lipinski definition) is 4. The Bertz CT molecular complexity index is 1030. The van der Waals surface area contributed by atoms with Gasteiger partial charge in [0.2, 0.25) is 5.91 Å². The Balaban J connectivity index is 1.64. The van der Waals surface area contributed by atoms with Crippen LogP contribution in [0.25, 0.3) is 0 Å². The molecule has 0 aliphatic carbocycles. The highest BCUT2D eigenvalue weighted by Crippen LogP contribution is 2.23. The van der Waals surface area contributed by atoms with Crippen molar-refractivity contribution in [3.8, 4) is 0 Å². The van der Waals surface area contributed by atoms with Crippen LogP contribution in [0.2, 0.25) is 5.02 Å². The second-order valence-electron chi connectivity index (χ2n) is 6.13. The lowest BCUT2D eigenvalue weighted by Gasteiger charge is -2.20. The van der Waals surface area contributed by atoms with E-state index in [-0.39, 0.29) is 17.2 Å². The van der Waals surface area contributed by atoms with Gasteiger partial charge >= 0.3 is 0 Å². The van der Waals surface area contributed by atoms with Crippen LogP contribution < -0.4 is 9.62 Å². The maximum Gasteiger partial charge on any atom is 0.264 e. The predicted molar refractivity (Wildman–Crippen MR) is 108 cm³/mol. The van der Waals surface area contributed by atoms with E-state index in [1.54, 1.807) is 42.7 Å². The lowest BCUT2D eigenvalue weighted by Crippen LogP contribution is -2.26. The van der Waals surface area contributed by atoms with Crippen molar-refractivity contribution in [3.63, 3.8) is 0 Å². The Morgan fingerprint density at radius 3 is 2.36 bits per heavy atom. The summed E-state index contributed by atoms with van der Waals surface area (Å²) < 4.78 is 31.8. The Kier molecular flexibility index (Phi) is 6.06. The van der Waals surface area contributed by atoms with Crippen LogP contribution in [-0.4, -0.2) is 21.4 Å². The molecule has 0 unspecified atom stereocenters. The number of rotatable bonds is 7. The van der Waals surface area contributed by atoms with Gasteiger partial charge in [0.05, 0.1) is 29.8 Å². The molecule has 0 bridgehead atoms. The highest BCUT2D eigenvalue weighted by atomic mass is 35.5. The van der Waals surface area contributed by atoms with Crippen LogP contribution >= 0.6 is 11.6 Å². The Morgan fingerprint density at radius 1 is 1.07 bits per heavy atom. The van der Waals surface area contributed by atoms with Gasteiger partial charge in [0.25, 0.3) is 10.0 Å². The van der Waals surface area contributed by atoms with E-state index in [9.17, 15) is 13.2 Å². The van der Waals surface area contributed by atoms with Crippen LogP contribution in [0.1, 0.15) is 11.3 Å². The SMILES string of the molecule is CN(c1ccc(CC(=O)NCc2ccco2)cc1)S(=O)(=O)c1ccc(Cl)cc1. The van der Waals surface area contributed by atoms with Gasteiger partial charge in [-0.1, -0.05) is 23.7 Å². The number of nitrogens with zero attached hydrogens (tertiary/aromatic N) is 1. The lowest BCUT2D eigenvalue weighted by molar-refractivity contribution is -0.120. The number of benzene rings is 2. The van der Waals surface area contributed by atoms with Crippen LogP contribution in [-0.2, 0) is 27.8 Å². The van der Waals surface area contributed by atoms with E-state index >= 15 is 0 Å². The third-order valence-corrected chi connectivity index (χ3v) is 6.23. The smallest absolute Gasteiger partial charge is 0.264 e. The summed E-state index contributed by atoms with van der Waals surface area (Å²) >= 11 is 5.82. The number of carbonyl (C=O) groups excluding carboxylic acids is 1. The Hall–Kier alpha value is -2.77. The topological polar surface area (TPSA) is 79.6 Å². The van der Waals surface area contributed by atoms with Gasteiger partial charge in [-0.25, -0.2) is 8.42 Å².